The quantitative estimate of drug-likeness (QED) is 0.822. The molecular weight excluding hydrogens is 317 g/mol. The van der Waals surface area contributed by atoms with Gasteiger partial charge in [0.05, 0.1) is 7.11 Å². The number of hydrogen-bond donors (Lipinski definition) is 2. The minimum absolute atomic E-state index is 0.115. The van der Waals surface area contributed by atoms with E-state index in [9.17, 15) is 19.1 Å². The summed E-state index contributed by atoms with van der Waals surface area (Å²) in [5.41, 5.74) is 0.839. The molecule has 6 nitrogen and oxygen atoms in total. The van der Waals surface area contributed by atoms with Crippen LogP contribution in [0.3, 0.4) is 0 Å². The molecule has 126 valence electrons. The Labute approximate surface area is 137 Å². The first-order valence-electron chi connectivity index (χ1n) is 7.01. The first-order valence-corrected chi connectivity index (χ1v) is 7.01. The van der Waals surface area contributed by atoms with Crippen molar-refractivity contribution in [2.75, 3.05) is 19.0 Å². The van der Waals surface area contributed by atoms with E-state index in [0.29, 0.717) is 11.3 Å². The van der Waals surface area contributed by atoms with Crippen molar-refractivity contribution < 1.29 is 28.6 Å². The fourth-order valence-electron chi connectivity index (χ4n) is 1.98. The zero-order valence-electron chi connectivity index (χ0n) is 13.1. The molecule has 0 aliphatic heterocycles. The normalized spacial score (nSPS) is 10.1. The molecule has 0 radical (unpaired) electrons. The van der Waals surface area contributed by atoms with E-state index in [-0.39, 0.29) is 17.1 Å². The molecule has 1 amide bonds. The van der Waals surface area contributed by atoms with Crippen LogP contribution in [0.2, 0.25) is 0 Å². The second-order valence-corrected chi connectivity index (χ2v) is 4.94. The third-order valence-corrected chi connectivity index (χ3v) is 3.25. The molecule has 0 saturated carbocycles. The maximum absolute atomic E-state index is 13.2. The monoisotopic (exact) mass is 333 g/mol. The van der Waals surface area contributed by atoms with Crippen molar-refractivity contribution in [2.45, 2.75) is 6.92 Å². The Bertz CT molecular complexity index is 776. The summed E-state index contributed by atoms with van der Waals surface area (Å²) < 4.78 is 22.9. The topological polar surface area (TPSA) is 84.9 Å². The van der Waals surface area contributed by atoms with Gasteiger partial charge in [-0.05, 0) is 36.8 Å². The zero-order chi connectivity index (χ0) is 17.7. The van der Waals surface area contributed by atoms with Crippen LogP contribution in [0.5, 0.6) is 11.5 Å². The van der Waals surface area contributed by atoms with Crippen molar-refractivity contribution in [3.63, 3.8) is 0 Å². The van der Waals surface area contributed by atoms with E-state index in [2.05, 4.69) is 5.32 Å². The number of amides is 1. The highest BCUT2D eigenvalue weighted by Gasteiger charge is 2.17. The fraction of sp³-hybridized carbons (Fsp3) is 0.176. The Hall–Kier alpha value is -3.09. The molecular formula is C17H16FNO5. The highest BCUT2D eigenvalue weighted by molar-refractivity contribution is 5.97. The van der Waals surface area contributed by atoms with E-state index in [0.717, 1.165) is 0 Å². The van der Waals surface area contributed by atoms with Gasteiger partial charge in [-0.3, -0.25) is 4.79 Å². The van der Waals surface area contributed by atoms with Gasteiger partial charge < -0.3 is 19.9 Å². The Morgan fingerprint density at radius 1 is 1.25 bits per heavy atom. The molecule has 0 heterocycles. The first-order chi connectivity index (χ1) is 11.4. The van der Waals surface area contributed by atoms with Crippen molar-refractivity contribution in [2.24, 2.45) is 0 Å². The molecule has 0 atom stereocenters. The molecule has 2 rings (SSSR count). The minimum atomic E-state index is -0.877. The van der Waals surface area contributed by atoms with E-state index >= 15 is 0 Å². The molecule has 0 aliphatic carbocycles. The molecule has 2 aromatic rings. The van der Waals surface area contributed by atoms with Crippen LogP contribution in [0.25, 0.3) is 0 Å². The molecule has 7 heteroatoms. The number of aromatic hydroxyl groups is 1. The van der Waals surface area contributed by atoms with Crippen LogP contribution in [-0.2, 0) is 9.53 Å². The molecule has 2 N–H and O–H groups in total. The molecule has 0 bridgehead atoms. The summed E-state index contributed by atoms with van der Waals surface area (Å²) in [6, 6.07) is 8.29. The standard InChI is InChI=1S/C17H16FNO5/c1-10-6-7-11(18)8-13(10)19-15(20)9-24-17(22)12-4-3-5-14(23-2)16(12)21/h3-8,21H,9H2,1-2H3,(H,19,20). The van der Waals surface area contributed by atoms with Gasteiger partial charge in [-0.1, -0.05) is 12.1 Å². The van der Waals surface area contributed by atoms with Gasteiger partial charge in [0.15, 0.2) is 18.1 Å². The smallest absolute Gasteiger partial charge is 0.342 e. The second kappa shape index (κ2) is 7.45. The van der Waals surface area contributed by atoms with Crippen molar-refractivity contribution in [1.82, 2.24) is 0 Å². The first kappa shape index (κ1) is 17.3. The SMILES string of the molecule is COc1cccc(C(=O)OCC(=O)Nc2cc(F)ccc2C)c1O. The predicted octanol–water partition coefficient (Wildman–Crippen LogP) is 2.64. The number of carbonyl (C=O) groups excluding carboxylic acids is 2. The van der Waals surface area contributed by atoms with E-state index < -0.39 is 24.3 Å². The Morgan fingerprint density at radius 2 is 2.00 bits per heavy atom. The molecule has 24 heavy (non-hydrogen) atoms. The van der Waals surface area contributed by atoms with Gasteiger partial charge in [-0.25, -0.2) is 9.18 Å². The largest absolute Gasteiger partial charge is 0.504 e. The van der Waals surface area contributed by atoms with Crippen LogP contribution in [0.1, 0.15) is 15.9 Å². The van der Waals surface area contributed by atoms with Gasteiger partial charge in [0.2, 0.25) is 0 Å². The van der Waals surface area contributed by atoms with Gasteiger partial charge in [-0.2, -0.15) is 0 Å². The van der Waals surface area contributed by atoms with Crippen LogP contribution in [0.4, 0.5) is 10.1 Å². The number of para-hydroxylation sites is 1. The third-order valence-electron chi connectivity index (χ3n) is 3.25. The number of rotatable bonds is 5. The zero-order valence-corrected chi connectivity index (χ0v) is 13.1. The third kappa shape index (κ3) is 4.01. The summed E-state index contributed by atoms with van der Waals surface area (Å²) in [4.78, 5) is 23.8. The van der Waals surface area contributed by atoms with Crippen LogP contribution >= 0.6 is 0 Å². The maximum Gasteiger partial charge on any atom is 0.342 e. The number of anilines is 1. The molecule has 0 aliphatic rings. The van der Waals surface area contributed by atoms with Crippen LogP contribution in [-0.4, -0.2) is 30.7 Å². The highest BCUT2D eigenvalue weighted by Crippen LogP contribution is 2.29. The number of phenols is 1. The summed E-state index contributed by atoms with van der Waals surface area (Å²) in [5, 5.41) is 12.3. The fourth-order valence-corrected chi connectivity index (χ4v) is 1.98. The average Bonchev–Trinajstić information content (AvgIpc) is 2.56. The Morgan fingerprint density at radius 3 is 2.71 bits per heavy atom. The summed E-state index contributed by atoms with van der Waals surface area (Å²) in [6.45, 7) is 1.13. The molecule has 0 spiro atoms. The van der Waals surface area contributed by atoms with Crippen LogP contribution < -0.4 is 10.1 Å². The number of methoxy groups -OCH3 is 1. The van der Waals surface area contributed by atoms with Crippen molar-refractivity contribution in [1.29, 1.82) is 0 Å². The summed E-state index contributed by atoms with van der Waals surface area (Å²) in [5.74, 6) is -2.25. The Balaban J connectivity index is 1.99. The summed E-state index contributed by atoms with van der Waals surface area (Å²) in [7, 11) is 1.35. The number of halogens is 1. The van der Waals surface area contributed by atoms with E-state index in [1.165, 1.54) is 43.5 Å². The van der Waals surface area contributed by atoms with Crippen molar-refractivity contribution in [3.05, 3.63) is 53.3 Å². The lowest BCUT2D eigenvalue weighted by Gasteiger charge is -2.10. The number of carbonyl (C=O) groups is 2. The predicted molar refractivity (Wildman–Crippen MR) is 84.7 cm³/mol. The number of ether oxygens (including phenoxy) is 2. The van der Waals surface area contributed by atoms with Crippen LogP contribution in [0.15, 0.2) is 36.4 Å². The Kier molecular flexibility index (Phi) is 5.36. The number of esters is 1. The average molecular weight is 333 g/mol. The summed E-state index contributed by atoms with van der Waals surface area (Å²) in [6.07, 6.45) is 0. The second-order valence-electron chi connectivity index (χ2n) is 4.94. The van der Waals surface area contributed by atoms with Crippen molar-refractivity contribution in [3.8, 4) is 11.5 Å². The number of aryl methyl sites for hydroxylation is 1. The molecule has 2 aromatic carbocycles. The molecule has 0 saturated heterocycles. The maximum atomic E-state index is 13.2. The minimum Gasteiger partial charge on any atom is -0.504 e. The van der Waals surface area contributed by atoms with Gasteiger partial charge in [-0.15, -0.1) is 0 Å². The van der Waals surface area contributed by atoms with E-state index in [4.69, 9.17) is 9.47 Å². The van der Waals surface area contributed by atoms with Gasteiger partial charge in [0.25, 0.3) is 5.91 Å². The van der Waals surface area contributed by atoms with E-state index in [1.807, 2.05) is 0 Å². The molecule has 0 aromatic heterocycles. The lowest BCUT2D eigenvalue weighted by Crippen LogP contribution is -2.21. The summed E-state index contributed by atoms with van der Waals surface area (Å²) >= 11 is 0. The lowest BCUT2D eigenvalue weighted by atomic mass is 10.2. The number of phenolic OH excluding ortho intramolecular Hbond substituents is 1. The van der Waals surface area contributed by atoms with Gasteiger partial charge in [0.1, 0.15) is 11.4 Å². The number of nitrogens with one attached hydrogen (secondary N) is 1. The molecule has 0 unspecified atom stereocenters. The highest BCUT2D eigenvalue weighted by atomic mass is 19.1. The molecule has 0 fully saturated rings. The van der Waals surface area contributed by atoms with E-state index in [1.54, 1.807) is 6.92 Å². The van der Waals surface area contributed by atoms with Crippen molar-refractivity contribution >= 4 is 17.6 Å². The number of benzene rings is 2. The van der Waals surface area contributed by atoms with Crippen LogP contribution in [0, 0.1) is 12.7 Å². The number of hydrogen-bond acceptors (Lipinski definition) is 5. The lowest BCUT2D eigenvalue weighted by molar-refractivity contribution is -0.119. The van der Waals surface area contributed by atoms with Gasteiger partial charge >= 0.3 is 5.97 Å². The van der Waals surface area contributed by atoms with Gasteiger partial charge in [0, 0.05) is 5.69 Å².